The van der Waals surface area contributed by atoms with Crippen LogP contribution in [0.4, 0.5) is 0 Å². The third kappa shape index (κ3) is 3.51. The maximum atomic E-state index is 12.6. The Labute approximate surface area is 147 Å². The van der Waals surface area contributed by atoms with Crippen LogP contribution in [-0.2, 0) is 4.74 Å². The zero-order valence-corrected chi connectivity index (χ0v) is 15.1. The quantitative estimate of drug-likeness (QED) is 0.707. The summed E-state index contributed by atoms with van der Waals surface area (Å²) < 4.78 is 7.55. The van der Waals surface area contributed by atoms with Gasteiger partial charge in [-0.25, -0.2) is 9.78 Å². The summed E-state index contributed by atoms with van der Waals surface area (Å²) in [4.78, 5) is 16.7. The van der Waals surface area contributed by atoms with Crippen molar-refractivity contribution in [3.8, 4) is 0 Å². The molecule has 3 rings (SSSR count). The van der Waals surface area contributed by atoms with Gasteiger partial charge in [-0.05, 0) is 31.6 Å². The van der Waals surface area contributed by atoms with Gasteiger partial charge in [-0.1, -0.05) is 36.8 Å². The Morgan fingerprint density at radius 3 is 2.75 bits per heavy atom. The normalized spacial score (nSPS) is 17.1. The molecule has 1 aliphatic rings. The number of benzene rings is 1. The molecule has 128 valence electrons. The van der Waals surface area contributed by atoms with Crippen LogP contribution in [0.5, 0.6) is 0 Å². The minimum absolute atomic E-state index is 0.0418. The second kappa shape index (κ2) is 7.43. The molecule has 0 aliphatic heterocycles. The summed E-state index contributed by atoms with van der Waals surface area (Å²) in [5.74, 6) is 0.780. The highest BCUT2D eigenvalue weighted by Crippen LogP contribution is 2.43. The van der Waals surface area contributed by atoms with Crippen LogP contribution in [-0.4, -0.2) is 34.1 Å². The lowest BCUT2D eigenvalue weighted by molar-refractivity contribution is 0.0111. The van der Waals surface area contributed by atoms with Crippen LogP contribution in [0.1, 0.15) is 48.3 Å². The summed E-state index contributed by atoms with van der Waals surface area (Å²) in [6, 6.07) is 10.2. The minimum Gasteiger partial charge on any atom is -0.460 e. The van der Waals surface area contributed by atoms with Crippen LogP contribution in [0.2, 0.25) is 0 Å². The Balaban J connectivity index is 1.69. The first-order valence-electron chi connectivity index (χ1n) is 8.38. The predicted octanol–water partition coefficient (Wildman–Crippen LogP) is 4.18. The SMILES string of the molecule is CSCC1(COC(=O)c2cncn2[C@H](C)c2ccccc2)CCC1. The highest BCUT2D eigenvalue weighted by Gasteiger charge is 2.38. The van der Waals surface area contributed by atoms with Gasteiger partial charge in [-0.3, -0.25) is 0 Å². The van der Waals surface area contributed by atoms with Gasteiger partial charge in [0.15, 0.2) is 0 Å². The molecule has 0 saturated heterocycles. The monoisotopic (exact) mass is 344 g/mol. The maximum Gasteiger partial charge on any atom is 0.356 e. The zero-order valence-electron chi connectivity index (χ0n) is 14.3. The van der Waals surface area contributed by atoms with Gasteiger partial charge < -0.3 is 9.30 Å². The molecule has 0 spiro atoms. The Hall–Kier alpha value is -1.75. The second-order valence-corrected chi connectivity index (χ2v) is 7.50. The number of imidazole rings is 1. The summed E-state index contributed by atoms with van der Waals surface area (Å²) in [7, 11) is 0. The Morgan fingerprint density at radius 1 is 1.38 bits per heavy atom. The van der Waals surface area contributed by atoms with Gasteiger partial charge in [0.25, 0.3) is 0 Å². The fourth-order valence-electron chi connectivity index (χ4n) is 3.27. The first kappa shape index (κ1) is 17.1. The van der Waals surface area contributed by atoms with Crippen LogP contribution < -0.4 is 0 Å². The number of hydrogen-bond donors (Lipinski definition) is 0. The molecule has 1 fully saturated rings. The van der Waals surface area contributed by atoms with Crippen LogP contribution >= 0.6 is 11.8 Å². The Kier molecular flexibility index (Phi) is 5.29. The number of esters is 1. The summed E-state index contributed by atoms with van der Waals surface area (Å²) >= 11 is 1.83. The van der Waals surface area contributed by atoms with Crippen molar-refractivity contribution in [2.75, 3.05) is 18.6 Å². The molecule has 1 aromatic carbocycles. The van der Waals surface area contributed by atoms with Crippen molar-refractivity contribution in [1.82, 2.24) is 9.55 Å². The third-order valence-corrected chi connectivity index (χ3v) is 5.85. The van der Waals surface area contributed by atoms with Gasteiger partial charge in [0.2, 0.25) is 0 Å². The number of carbonyl (C=O) groups excluding carboxylic acids is 1. The van der Waals surface area contributed by atoms with E-state index in [4.69, 9.17) is 4.74 Å². The molecule has 1 aliphatic carbocycles. The van der Waals surface area contributed by atoms with Gasteiger partial charge in [0.05, 0.1) is 25.2 Å². The van der Waals surface area contributed by atoms with E-state index < -0.39 is 0 Å². The standard InChI is InChI=1S/C19H24N2O2S/c1-15(16-7-4-3-5-8-16)21-14-20-11-17(21)18(22)23-12-19(13-24-2)9-6-10-19/h3-5,7-8,11,14-15H,6,9-10,12-13H2,1-2H3/t15-/m1/s1. The van der Waals surface area contributed by atoms with E-state index in [1.807, 2.05) is 34.5 Å². The molecule has 0 bridgehead atoms. The van der Waals surface area contributed by atoms with Crippen LogP contribution in [0.3, 0.4) is 0 Å². The van der Waals surface area contributed by atoms with E-state index in [0.717, 1.165) is 24.2 Å². The molecule has 1 aromatic heterocycles. The maximum absolute atomic E-state index is 12.6. The molecule has 2 aromatic rings. The van der Waals surface area contributed by atoms with Gasteiger partial charge in [-0.2, -0.15) is 11.8 Å². The third-order valence-electron chi connectivity index (χ3n) is 4.95. The summed E-state index contributed by atoms with van der Waals surface area (Å²) in [5, 5.41) is 0. The summed E-state index contributed by atoms with van der Waals surface area (Å²) in [6.07, 6.45) is 8.96. The number of carbonyl (C=O) groups is 1. The van der Waals surface area contributed by atoms with Gasteiger partial charge >= 0.3 is 5.97 Å². The highest BCUT2D eigenvalue weighted by molar-refractivity contribution is 7.98. The topological polar surface area (TPSA) is 44.1 Å². The van der Waals surface area contributed by atoms with Crippen molar-refractivity contribution < 1.29 is 9.53 Å². The second-order valence-electron chi connectivity index (χ2n) is 6.64. The molecule has 0 amide bonds. The molecule has 5 heteroatoms. The number of thioether (sulfide) groups is 1. The fraction of sp³-hybridized carbons (Fsp3) is 0.474. The van der Waals surface area contributed by atoms with Crippen LogP contribution in [0.25, 0.3) is 0 Å². The van der Waals surface area contributed by atoms with E-state index >= 15 is 0 Å². The Morgan fingerprint density at radius 2 is 2.12 bits per heavy atom. The number of rotatable bonds is 7. The first-order valence-corrected chi connectivity index (χ1v) is 9.77. The molecular weight excluding hydrogens is 320 g/mol. The summed E-state index contributed by atoms with van der Waals surface area (Å²) in [6.45, 7) is 2.58. The number of aromatic nitrogens is 2. The molecule has 24 heavy (non-hydrogen) atoms. The molecule has 1 heterocycles. The average molecular weight is 344 g/mol. The van der Waals surface area contributed by atoms with E-state index in [2.05, 4.69) is 30.3 Å². The van der Waals surface area contributed by atoms with Crippen molar-refractivity contribution in [3.05, 3.63) is 54.1 Å². The molecule has 0 unspecified atom stereocenters. The van der Waals surface area contributed by atoms with Crippen molar-refractivity contribution in [3.63, 3.8) is 0 Å². The summed E-state index contributed by atoms with van der Waals surface area (Å²) in [5.41, 5.74) is 1.85. The molecule has 4 nitrogen and oxygen atoms in total. The van der Waals surface area contributed by atoms with E-state index in [0.29, 0.717) is 12.3 Å². The van der Waals surface area contributed by atoms with Gasteiger partial charge in [-0.15, -0.1) is 0 Å². The van der Waals surface area contributed by atoms with Gasteiger partial charge in [0.1, 0.15) is 5.69 Å². The van der Waals surface area contributed by atoms with E-state index in [1.165, 1.54) is 6.42 Å². The lowest BCUT2D eigenvalue weighted by Gasteiger charge is -2.40. The predicted molar refractivity (Wildman–Crippen MR) is 97.4 cm³/mol. The van der Waals surface area contributed by atoms with Crippen molar-refractivity contribution in [2.24, 2.45) is 5.41 Å². The number of ether oxygens (including phenoxy) is 1. The number of nitrogens with zero attached hydrogens (tertiary/aromatic N) is 2. The van der Waals surface area contributed by atoms with Crippen LogP contribution in [0, 0.1) is 5.41 Å². The van der Waals surface area contributed by atoms with Crippen molar-refractivity contribution in [2.45, 2.75) is 32.2 Å². The lowest BCUT2D eigenvalue weighted by Crippen LogP contribution is -2.37. The van der Waals surface area contributed by atoms with E-state index in [1.54, 1.807) is 12.5 Å². The van der Waals surface area contributed by atoms with E-state index in [-0.39, 0.29) is 17.4 Å². The lowest BCUT2D eigenvalue weighted by atomic mass is 9.71. The zero-order chi connectivity index (χ0) is 17.0. The minimum atomic E-state index is -0.275. The number of hydrogen-bond acceptors (Lipinski definition) is 4. The largest absolute Gasteiger partial charge is 0.460 e. The molecule has 0 radical (unpaired) electrons. The average Bonchev–Trinajstić information content (AvgIpc) is 3.06. The molecule has 1 saturated carbocycles. The van der Waals surface area contributed by atoms with Crippen molar-refractivity contribution >= 4 is 17.7 Å². The van der Waals surface area contributed by atoms with Crippen LogP contribution in [0.15, 0.2) is 42.9 Å². The molecule has 0 N–H and O–H groups in total. The van der Waals surface area contributed by atoms with E-state index in [9.17, 15) is 4.79 Å². The molecule has 1 atom stereocenters. The first-order chi connectivity index (χ1) is 11.7. The Bertz CT molecular complexity index is 680. The highest BCUT2D eigenvalue weighted by atomic mass is 32.2. The van der Waals surface area contributed by atoms with Gasteiger partial charge in [0, 0.05) is 11.2 Å². The fourth-order valence-corrected chi connectivity index (χ4v) is 4.25. The molecular formula is C19H24N2O2S. The van der Waals surface area contributed by atoms with Crippen molar-refractivity contribution in [1.29, 1.82) is 0 Å². The smallest absolute Gasteiger partial charge is 0.356 e.